The maximum absolute atomic E-state index is 12.4. The third-order valence-electron chi connectivity index (χ3n) is 4.63. The van der Waals surface area contributed by atoms with Crippen LogP contribution in [0.2, 0.25) is 0 Å². The van der Waals surface area contributed by atoms with E-state index in [1.165, 1.54) is 19.1 Å². The first-order valence-electron chi connectivity index (χ1n) is 9.35. The fourth-order valence-electron chi connectivity index (χ4n) is 2.96. The van der Waals surface area contributed by atoms with Crippen LogP contribution in [0.25, 0.3) is 0 Å². The molecule has 2 aromatic rings. The van der Waals surface area contributed by atoms with Crippen molar-refractivity contribution in [3.63, 3.8) is 0 Å². The monoisotopic (exact) mass is 394 g/mol. The average Bonchev–Trinajstić information content (AvgIpc) is 3.05. The van der Waals surface area contributed by atoms with Crippen molar-refractivity contribution >= 4 is 29.4 Å². The van der Waals surface area contributed by atoms with Gasteiger partial charge in [0.05, 0.1) is 11.3 Å². The quantitative estimate of drug-likeness (QED) is 0.600. The molecular formula is C22H22N2O5. The van der Waals surface area contributed by atoms with Gasteiger partial charge in [0.2, 0.25) is 11.8 Å². The third kappa shape index (κ3) is 4.87. The fraction of sp³-hybridized carbons (Fsp3) is 0.273. The Morgan fingerprint density at radius 1 is 1.07 bits per heavy atom. The molecule has 1 aliphatic rings. The van der Waals surface area contributed by atoms with Crippen LogP contribution >= 0.6 is 0 Å². The van der Waals surface area contributed by atoms with E-state index < -0.39 is 18.0 Å². The number of aryl methyl sites for hydroxylation is 1. The standard InChI is InChI=1S/C22H22N2O5/c1-14-6-8-16(9-7-14)13-23-21(27)15(2)29-22(28)17-4-3-5-18(12-17)24-19(25)10-11-20(24)26/h3-9,12,15H,10-11,13H2,1-2H3,(H,23,27)/t15-/m1/s1. The average molecular weight is 394 g/mol. The minimum atomic E-state index is -0.994. The molecule has 29 heavy (non-hydrogen) atoms. The van der Waals surface area contributed by atoms with Gasteiger partial charge >= 0.3 is 5.97 Å². The Balaban J connectivity index is 1.59. The number of rotatable bonds is 6. The number of nitrogens with one attached hydrogen (secondary N) is 1. The second-order valence-corrected chi connectivity index (χ2v) is 6.92. The molecule has 1 atom stereocenters. The minimum Gasteiger partial charge on any atom is -0.449 e. The van der Waals surface area contributed by atoms with Gasteiger partial charge in [-0.2, -0.15) is 0 Å². The lowest BCUT2D eigenvalue weighted by molar-refractivity contribution is -0.129. The number of hydrogen-bond donors (Lipinski definition) is 1. The van der Waals surface area contributed by atoms with Gasteiger partial charge in [0.15, 0.2) is 6.10 Å². The van der Waals surface area contributed by atoms with Gasteiger partial charge in [-0.3, -0.25) is 19.3 Å². The molecule has 1 heterocycles. The topological polar surface area (TPSA) is 92.8 Å². The van der Waals surface area contributed by atoms with E-state index in [-0.39, 0.29) is 30.2 Å². The molecule has 0 unspecified atom stereocenters. The Morgan fingerprint density at radius 2 is 1.72 bits per heavy atom. The third-order valence-corrected chi connectivity index (χ3v) is 4.63. The van der Waals surface area contributed by atoms with Crippen LogP contribution in [-0.4, -0.2) is 29.8 Å². The predicted octanol–water partition coefficient (Wildman–Crippen LogP) is 2.51. The second-order valence-electron chi connectivity index (χ2n) is 6.92. The number of hydrogen-bond acceptors (Lipinski definition) is 5. The number of ether oxygens (including phenoxy) is 1. The molecule has 1 N–H and O–H groups in total. The van der Waals surface area contributed by atoms with E-state index in [0.717, 1.165) is 16.0 Å². The molecule has 0 bridgehead atoms. The number of imide groups is 1. The molecule has 0 radical (unpaired) electrons. The molecule has 1 aliphatic heterocycles. The van der Waals surface area contributed by atoms with E-state index in [1.807, 2.05) is 31.2 Å². The van der Waals surface area contributed by atoms with E-state index in [9.17, 15) is 19.2 Å². The SMILES string of the molecule is Cc1ccc(CNC(=O)[C@@H](C)OC(=O)c2cccc(N3C(=O)CCC3=O)c2)cc1. The summed E-state index contributed by atoms with van der Waals surface area (Å²) in [6, 6.07) is 13.8. The van der Waals surface area contributed by atoms with Crippen molar-refractivity contribution in [1.29, 1.82) is 0 Å². The van der Waals surface area contributed by atoms with Gasteiger partial charge < -0.3 is 10.1 Å². The van der Waals surface area contributed by atoms with Crippen molar-refractivity contribution in [2.24, 2.45) is 0 Å². The summed E-state index contributed by atoms with van der Waals surface area (Å²) in [5.74, 6) is -1.72. The number of nitrogens with zero attached hydrogens (tertiary/aromatic N) is 1. The number of carbonyl (C=O) groups excluding carboxylic acids is 4. The molecule has 3 amide bonds. The largest absolute Gasteiger partial charge is 0.449 e. The second kappa shape index (κ2) is 8.68. The Bertz CT molecular complexity index is 936. The summed E-state index contributed by atoms with van der Waals surface area (Å²) in [7, 11) is 0. The highest BCUT2D eigenvalue weighted by atomic mass is 16.5. The van der Waals surface area contributed by atoms with Crippen molar-refractivity contribution in [1.82, 2.24) is 5.32 Å². The lowest BCUT2D eigenvalue weighted by Crippen LogP contribution is -2.35. The molecule has 2 aromatic carbocycles. The van der Waals surface area contributed by atoms with Gasteiger partial charge in [-0.25, -0.2) is 4.79 Å². The first-order valence-corrected chi connectivity index (χ1v) is 9.35. The summed E-state index contributed by atoms with van der Waals surface area (Å²) < 4.78 is 5.24. The smallest absolute Gasteiger partial charge is 0.338 e. The van der Waals surface area contributed by atoms with E-state index in [0.29, 0.717) is 12.2 Å². The van der Waals surface area contributed by atoms with Gasteiger partial charge in [-0.05, 0) is 37.6 Å². The van der Waals surface area contributed by atoms with Crippen molar-refractivity contribution in [3.8, 4) is 0 Å². The highest BCUT2D eigenvalue weighted by Gasteiger charge is 2.30. The number of anilines is 1. The van der Waals surface area contributed by atoms with E-state index in [2.05, 4.69) is 5.32 Å². The van der Waals surface area contributed by atoms with Crippen LogP contribution in [0.5, 0.6) is 0 Å². The van der Waals surface area contributed by atoms with Gasteiger partial charge in [0.1, 0.15) is 0 Å². The van der Waals surface area contributed by atoms with Crippen LogP contribution in [0.3, 0.4) is 0 Å². The zero-order valence-corrected chi connectivity index (χ0v) is 16.3. The van der Waals surface area contributed by atoms with Crippen LogP contribution in [0.1, 0.15) is 41.3 Å². The van der Waals surface area contributed by atoms with Crippen molar-refractivity contribution in [3.05, 3.63) is 65.2 Å². The molecular weight excluding hydrogens is 372 g/mol. The maximum atomic E-state index is 12.4. The molecule has 0 saturated carbocycles. The number of esters is 1. The summed E-state index contributed by atoms with van der Waals surface area (Å²) in [6.45, 7) is 3.80. The van der Waals surface area contributed by atoms with E-state index in [4.69, 9.17) is 4.74 Å². The molecule has 150 valence electrons. The summed E-state index contributed by atoms with van der Waals surface area (Å²) in [5.41, 5.74) is 2.55. The normalized spacial score (nSPS) is 14.6. The number of carbonyl (C=O) groups is 4. The van der Waals surface area contributed by atoms with E-state index in [1.54, 1.807) is 12.1 Å². The predicted molar refractivity (Wildman–Crippen MR) is 106 cm³/mol. The molecule has 7 heteroatoms. The Kier molecular flexibility index (Phi) is 6.07. The fourth-order valence-corrected chi connectivity index (χ4v) is 2.96. The molecule has 0 aliphatic carbocycles. The van der Waals surface area contributed by atoms with Crippen molar-refractivity contribution < 1.29 is 23.9 Å². The molecule has 0 aromatic heterocycles. The van der Waals surface area contributed by atoms with Crippen LogP contribution in [0.4, 0.5) is 5.69 Å². The van der Waals surface area contributed by atoms with Gasteiger partial charge in [0, 0.05) is 19.4 Å². The first kappa shape index (κ1) is 20.3. The first-order chi connectivity index (χ1) is 13.8. The van der Waals surface area contributed by atoms with Gasteiger partial charge in [-0.15, -0.1) is 0 Å². The highest BCUT2D eigenvalue weighted by Crippen LogP contribution is 2.23. The number of benzene rings is 2. The molecule has 7 nitrogen and oxygen atoms in total. The molecule has 0 spiro atoms. The Labute approximate surface area is 168 Å². The lowest BCUT2D eigenvalue weighted by atomic mass is 10.1. The summed E-state index contributed by atoms with van der Waals surface area (Å²) >= 11 is 0. The van der Waals surface area contributed by atoms with Crippen molar-refractivity contribution in [2.75, 3.05) is 4.90 Å². The van der Waals surface area contributed by atoms with Crippen LogP contribution < -0.4 is 10.2 Å². The Morgan fingerprint density at radius 3 is 2.38 bits per heavy atom. The summed E-state index contributed by atoms with van der Waals surface area (Å²) in [5, 5.41) is 2.73. The van der Waals surface area contributed by atoms with Gasteiger partial charge in [-0.1, -0.05) is 35.9 Å². The highest BCUT2D eigenvalue weighted by molar-refractivity contribution is 6.20. The van der Waals surface area contributed by atoms with Gasteiger partial charge in [0.25, 0.3) is 5.91 Å². The summed E-state index contributed by atoms with van der Waals surface area (Å²) in [6.07, 6.45) is -0.677. The zero-order valence-electron chi connectivity index (χ0n) is 16.3. The zero-order chi connectivity index (χ0) is 21.0. The van der Waals surface area contributed by atoms with Crippen LogP contribution in [0, 0.1) is 6.92 Å². The maximum Gasteiger partial charge on any atom is 0.338 e. The molecule has 1 fully saturated rings. The summed E-state index contributed by atoms with van der Waals surface area (Å²) in [4.78, 5) is 49.5. The van der Waals surface area contributed by atoms with E-state index >= 15 is 0 Å². The van der Waals surface area contributed by atoms with Crippen molar-refractivity contribution in [2.45, 2.75) is 39.3 Å². The molecule has 3 rings (SSSR count). The number of amides is 3. The minimum absolute atomic E-state index is 0.158. The lowest BCUT2D eigenvalue weighted by Gasteiger charge is -2.16. The van der Waals surface area contributed by atoms with Crippen LogP contribution in [0.15, 0.2) is 48.5 Å². The Hall–Kier alpha value is -3.48. The van der Waals surface area contributed by atoms with Crippen LogP contribution in [-0.2, 0) is 25.7 Å². The molecule has 1 saturated heterocycles.